The number of anilines is 1. The standard InChI is InChI=1S/C19H9Cl2F6N5/c20-10-3-1-8(2-4-10)13-6-11(19(25,26)27)14-15(28)32(31-16(14)30-13)17-12(21)5-9(7-29-17)18(22,23)24/h1-7H,28H2. The minimum Gasteiger partial charge on any atom is -0.383 e. The number of halogens is 8. The number of nitrogen functional groups attached to an aromatic ring is 1. The van der Waals surface area contributed by atoms with Gasteiger partial charge in [-0.1, -0.05) is 35.3 Å². The Balaban J connectivity index is 1.96. The van der Waals surface area contributed by atoms with E-state index in [0.717, 1.165) is 10.7 Å². The van der Waals surface area contributed by atoms with Gasteiger partial charge in [-0.3, -0.25) is 0 Å². The van der Waals surface area contributed by atoms with Crippen molar-refractivity contribution in [2.45, 2.75) is 12.4 Å². The molecule has 0 saturated carbocycles. The summed E-state index contributed by atoms with van der Waals surface area (Å²) in [5.74, 6) is -0.909. The lowest BCUT2D eigenvalue weighted by molar-refractivity contribution is -0.138. The Morgan fingerprint density at radius 1 is 0.906 bits per heavy atom. The monoisotopic (exact) mass is 491 g/mol. The van der Waals surface area contributed by atoms with E-state index in [1.165, 1.54) is 24.3 Å². The van der Waals surface area contributed by atoms with Crippen LogP contribution < -0.4 is 5.73 Å². The summed E-state index contributed by atoms with van der Waals surface area (Å²) in [7, 11) is 0. The summed E-state index contributed by atoms with van der Waals surface area (Å²) < 4.78 is 80.8. The normalized spacial score (nSPS) is 12.5. The van der Waals surface area contributed by atoms with E-state index in [0.29, 0.717) is 22.8 Å². The van der Waals surface area contributed by atoms with Gasteiger partial charge >= 0.3 is 12.4 Å². The maximum atomic E-state index is 13.8. The molecule has 0 aliphatic heterocycles. The van der Waals surface area contributed by atoms with Crippen LogP contribution in [0.5, 0.6) is 0 Å². The Bertz CT molecular complexity index is 1330. The number of pyridine rings is 2. The molecule has 2 N–H and O–H groups in total. The Morgan fingerprint density at radius 3 is 2.12 bits per heavy atom. The highest BCUT2D eigenvalue weighted by Crippen LogP contribution is 2.40. The van der Waals surface area contributed by atoms with Crippen LogP contribution in [0.15, 0.2) is 42.6 Å². The first-order valence-corrected chi connectivity index (χ1v) is 9.37. The molecule has 13 heteroatoms. The van der Waals surface area contributed by atoms with Crippen LogP contribution in [0.25, 0.3) is 28.1 Å². The summed E-state index contributed by atoms with van der Waals surface area (Å²) in [6.45, 7) is 0. The molecular formula is C19H9Cl2F6N5. The predicted molar refractivity (Wildman–Crippen MR) is 107 cm³/mol. The zero-order valence-electron chi connectivity index (χ0n) is 15.4. The summed E-state index contributed by atoms with van der Waals surface area (Å²) in [4.78, 5) is 7.73. The van der Waals surface area contributed by atoms with Crippen molar-refractivity contribution in [3.05, 3.63) is 63.8 Å². The summed E-state index contributed by atoms with van der Waals surface area (Å²) in [6, 6.07) is 7.29. The first-order valence-electron chi connectivity index (χ1n) is 8.62. The van der Waals surface area contributed by atoms with Crippen molar-refractivity contribution in [1.82, 2.24) is 19.7 Å². The quantitative estimate of drug-likeness (QED) is 0.329. The summed E-state index contributed by atoms with van der Waals surface area (Å²) >= 11 is 11.7. The minimum absolute atomic E-state index is 0.0578. The number of nitrogens with zero attached hydrogens (tertiary/aromatic N) is 4. The third kappa shape index (κ3) is 3.93. The molecule has 166 valence electrons. The number of nitrogens with two attached hydrogens (primary N) is 1. The molecule has 0 aliphatic carbocycles. The second-order valence-corrected chi connectivity index (χ2v) is 7.43. The van der Waals surface area contributed by atoms with Gasteiger partial charge in [0.15, 0.2) is 11.5 Å². The highest BCUT2D eigenvalue weighted by Gasteiger charge is 2.37. The minimum atomic E-state index is -4.83. The molecule has 3 aromatic heterocycles. The highest BCUT2D eigenvalue weighted by molar-refractivity contribution is 6.32. The van der Waals surface area contributed by atoms with Crippen molar-refractivity contribution in [2.75, 3.05) is 5.73 Å². The number of hydrogen-bond donors (Lipinski definition) is 1. The highest BCUT2D eigenvalue weighted by atomic mass is 35.5. The van der Waals surface area contributed by atoms with Crippen LogP contribution in [0.3, 0.4) is 0 Å². The molecule has 0 unspecified atom stereocenters. The zero-order chi connectivity index (χ0) is 23.4. The van der Waals surface area contributed by atoms with Crippen molar-refractivity contribution in [2.24, 2.45) is 0 Å². The van der Waals surface area contributed by atoms with Crippen molar-refractivity contribution in [3.8, 4) is 17.1 Å². The molecule has 0 radical (unpaired) electrons. The van der Waals surface area contributed by atoms with Gasteiger partial charge in [0.1, 0.15) is 5.82 Å². The molecule has 0 aliphatic rings. The lowest BCUT2D eigenvalue weighted by Crippen LogP contribution is -2.10. The molecule has 0 saturated heterocycles. The molecule has 0 bridgehead atoms. The van der Waals surface area contributed by atoms with Gasteiger partial charge in [-0.25, -0.2) is 9.97 Å². The number of aromatic nitrogens is 4. The Labute approximate surface area is 185 Å². The fourth-order valence-corrected chi connectivity index (χ4v) is 3.38. The Morgan fingerprint density at radius 2 is 1.56 bits per heavy atom. The second-order valence-electron chi connectivity index (χ2n) is 6.58. The van der Waals surface area contributed by atoms with E-state index in [4.69, 9.17) is 28.9 Å². The van der Waals surface area contributed by atoms with E-state index < -0.39 is 39.7 Å². The van der Waals surface area contributed by atoms with Crippen LogP contribution in [0.2, 0.25) is 10.0 Å². The molecule has 4 aromatic rings. The van der Waals surface area contributed by atoms with Gasteiger partial charge in [0.25, 0.3) is 0 Å². The van der Waals surface area contributed by atoms with E-state index in [9.17, 15) is 26.3 Å². The van der Waals surface area contributed by atoms with Gasteiger partial charge in [-0.05, 0) is 24.3 Å². The van der Waals surface area contributed by atoms with E-state index in [-0.39, 0.29) is 17.2 Å². The lowest BCUT2D eigenvalue weighted by Gasteiger charge is -2.11. The van der Waals surface area contributed by atoms with Crippen LogP contribution in [-0.2, 0) is 12.4 Å². The average molecular weight is 492 g/mol. The number of benzene rings is 1. The summed E-state index contributed by atoms with van der Waals surface area (Å²) in [5, 5.41) is 3.27. The largest absolute Gasteiger partial charge is 0.417 e. The zero-order valence-corrected chi connectivity index (χ0v) is 16.9. The molecule has 0 atom stereocenters. The predicted octanol–water partition coefficient (Wildman–Crippen LogP) is 6.41. The summed E-state index contributed by atoms with van der Waals surface area (Å²) in [5.41, 5.74) is 3.52. The van der Waals surface area contributed by atoms with E-state index >= 15 is 0 Å². The van der Waals surface area contributed by atoms with Gasteiger partial charge in [0.05, 0.1) is 27.2 Å². The van der Waals surface area contributed by atoms with Gasteiger partial charge in [0.2, 0.25) is 0 Å². The first kappa shape index (κ1) is 22.2. The molecule has 4 rings (SSSR count). The molecule has 0 spiro atoms. The fraction of sp³-hybridized carbons (Fsp3) is 0.105. The molecule has 5 nitrogen and oxygen atoms in total. The van der Waals surface area contributed by atoms with Crippen LogP contribution in [0.1, 0.15) is 11.1 Å². The molecule has 0 fully saturated rings. The van der Waals surface area contributed by atoms with E-state index in [2.05, 4.69) is 15.1 Å². The lowest BCUT2D eigenvalue weighted by atomic mass is 10.1. The summed E-state index contributed by atoms with van der Waals surface area (Å²) in [6.07, 6.45) is -9.07. The van der Waals surface area contributed by atoms with Gasteiger partial charge in [-0.2, -0.15) is 31.0 Å². The molecule has 32 heavy (non-hydrogen) atoms. The number of alkyl halides is 6. The van der Waals surface area contributed by atoms with Gasteiger partial charge in [0, 0.05) is 16.8 Å². The fourth-order valence-electron chi connectivity index (χ4n) is 3.01. The SMILES string of the molecule is Nc1c2c(C(F)(F)F)cc(-c3ccc(Cl)cc3)nc2nn1-c1ncc(C(F)(F)F)cc1Cl. The maximum Gasteiger partial charge on any atom is 0.417 e. The first-order chi connectivity index (χ1) is 14.9. The Kier molecular flexibility index (Phi) is 5.21. The van der Waals surface area contributed by atoms with Crippen LogP contribution in [0.4, 0.5) is 32.2 Å². The maximum absolute atomic E-state index is 13.8. The van der Waals surface area contributed by atoms with Crippen molar-refractivity contribution in [3.63, 3.8) is 0 Å². The number of hydrogen-bond acceptors (Lipinski definition) is 4. The molecular weight excluding hydrogens is 483 g/mol. The van der Waals surface area contributed by atoms with Crippen LogP contribution in [-0.4, -0.2) is 19.7 Å². The van der Waals surface area contributed by atoms with Gasteiger partial charge < -0.3 is 5.73 Å². The van der Waals surface area contributed by atoms with Gasteiger partial charge in [-0.15, -0.1) is 5.10 Å². The Hall–Kier alpha value is -3.05. The van der Waals surface area contributed by atoms with Crippen molar-refractivity contribution < 1.29 is 26.3 Å². The number of fused-ring (bicyclic) bond motifs is 1. The number of rotatable bonds is 2. The second kappa shape index (κ2) is 7.52. The van der Waals surface area contributed by atoms with Crippen LogP contribution in [0, 0.1) is 0 Å². The van der Waals surface area contributed by atoms with Crippen molar-refractivity contribution >= 4 is 40.1 Å². The van der Waals surface area contributed by atoms with E-state index in [1.54, 1.807) is 0 Å². The molecule has 3 heterocycles. The molecule has 1 aromatic carbocycles. The third-order valence-corrected chi connectivity index (χ3v) is 5.00. The third-order valence-electron chi connectivity index (χ3n) is 4.47. The van der Waals surface area contributed by atoms with Crippen molar-refractivity contribution in [1.29, 1.82) is 0 Å². The average Bonchev–Trinajstić information content (AvgIpc) is 3.02. The topological polar surface area (TPSA) is 69.6 Å². The smallest absolute Gasteiger partial charge is 0.383 e. The van der Waals surface area contributed by atoms with Crippen LogP contribution >= 0.6 is 23.2 Å². The van der Waals surface area contributed by atoms with E-state index in [1.807, 2.05) is 0 Å². The molecule has 0 amide bonds.